The van der Waals surface area contributed by atoms with Crippen molar-refractivity contribution in [1.82, 2.24) is 34.4 Å². The lowest BCUT2D eigenvalue weighted by Gasteiger charge is -2.43. The molecule has 1 fully saturated rings. The maximum Gasteiger partial charge on any atom is 0.169 e. The Labute approximate surface area is 156 Å². The van der Waals surface area contributed by atoms with Crippen LogP contribution < -0.4 is 11.1 Å². The number of rotatable bonds is 3. The number of hydrogen-bond donors (Lipinski definition) is 2. The Kier molecular flexibility index (Phi) is 3.38. The van der Waals surface area contributed by atoms with E-state index in [1.54, 1.807) is 0 Å². The van der Waals surface area contributed by atoms with E-state index in [9.17, 15) is 0 Å². The molecule has 0 amide bonds. The van der Waals surface area contributed by atoms with Crippen molar-refractivity contribution in [2.45, 2.75) is 31.3 Å². The van der Waals surface area contributed by atoms with E-state index in [2.05, 4.69) is 20.4 Å². The van der Waals surface area contributed by atoms with Gasteiger partial charge in [-0.05, 0) is 45.0 Å². The number of hydrogen-bond acceptors (Lipinski definition) is 6. The first-order valence-corrected chi connectivity index (χ1v) is 9.10. The summed E-state index contributed by atoms with van der Waals surface area (Å²) in [6.45, 7) is 1.98. The number of imidazole rings is 1. The summed E-state index contributed by atoms with van der Waals surface area (Å²) in [5.74, 6) is 1.63. The number of fused-ring (bicyclic) bond motifs is 2. The average molecular weight is 362 g/mol. The monoisotopic (exact) mass is 362 g/mol. The van der Waals surface area contributed by atoms with Gasteiger partial charge in [0.1, 0.15) is 11.3 Å². The quantitative estimate of drug-likeness (QED) is 0.573. The van der Waals surface area contributed by atoms with Crippen molar-refractivity contribution in [3.63, 3.8) is 0 Å². The van der Waals surface area contributed by atoms with Crippen molar-refractivity contribution in [3.05, 3.63) is 42.2 Å². The van der Waals surface area contributed by atoms with Crippen LogP contribution in [0.1, 0.15) is 24.5 Å². The molecule has 3 N–H and O–H groups in total. The van der Waals surface area contributed by atoms with Crippen LogP contribution in [0.2, 0.25) is 0 Å². The largest absolute Gasteiger partial charge is 0.319 e. The lowest BCUT2D eigenvalue weighted by Crippen LogP contribution is -2.57. The summed E-state index contributed by atoms with van der Waals surface area (Å²) in [5.41, 5.74) is 10.6. The van der Waals surface area contributed by atoms with Crippen molar-refractivity contribution in [2.75, 3.05) is 7.05 Å². The number of nitrogens with two attached hydrogens (primary N) is 1. The SMILES string of the molecule is CNC1CC(N)(c2ncc3c(-c4ccc5nc(C)n(C)c5n4)ccn3n2)C1. The molecule has 4 heterocycles. The second-order valence-corrected chi connectivity index (χ2v) is 7.45. The molecule has 0 radical (unpaired) electrons. The molecule has 27 heavy (non-hydrogen) atoms. The van der Waals surface area contributed by atoms with Gasteiger partial charge in [-0.25, -0.2) is 19.5 Å². The Morgan fingerprint density at radius 3 is 2.81 bits per heavy atom. The van der Waals surface area contributed by atoms with Crippen LogP contribution in [0.25, 0.3) is 27.9 Å². The summed E-state index contributed by atoms with van der Waals surface area (Å²) in [6.07, 6.45) is 5.48. The van der Waals surface area contributed by atoms with E-state index < -0.39 is 5.54 Å². The van der Waals surface area contributed by atoms with Gasteiger partial charge in [0.05, 0.1) is 22.9 Å². The second-order valence-electron chi connectivity index (χ2n) is 7.45. The number of nitrogens with one attached hydrogen (secondary N) is 1. The van der Waals surface area contributed by atoms with Crippen LogP contribution in [0.15, 0.2) is 30.6 Å². The first kappa shape index (κ1) is 16.3. The molecule has 1 aliphatic carbocycles. The van der Waals surface area contributed by atoms with Crippen molar-refractivity contribution in [2.24, 2.45) is 12.8 Å². The fourth-order valence-electron chi connectivity index (χ4n) is 3.88. The van der Waals surface area contributed by atoms with Crippen LogP contribution in [0.4, 0.5) is 0 Å². The molecule has 0 spiro atoms. The predicted octanol–water partition coefficient (Wildman–Crippen LogP) is 1.52. The van der Waals surface area contributed by atoms with Crippen LogP contribution in [-0.4, -0.2) is 42.2 Å². The van der Waals surface area contributed by atoms with Gasteiger partial charge < -0.3 is 15.6 Å². The van der Waals surface area contributed by atoms with Crippen molar-refractivity contribution in [3.8, 4) is 11.3 Å². The van der Waals surface area contributed by atoms with Gasteiger partial charge >= 0.3 is 0 Å². The summed E-state index contributed by atoms with van der Waals surface area (Å²) in [4.78, 5) is 13.9. The van der Waals surface area contributed by atoms with Gasteiger partial charge in [0.2, 0.25) is 0 Å². The Morgan fingerprint density at radius 2 is 2.04 bits per heavy atom. The van der Waals surface area contributed by atoms with E-state index in [4.69, 9.17) is 10.7 Å². The molecule has 8 heteroatoms. The molecule has 0 aromatic carbocycles. The molecule has 1 saturated carbocycles. The van der Waals surface area contributed by atoms with E-state index in [1.165, 1.54) is 0 Å². The molecule has 0 aliphatic heterocycles. The summed E-state index contributed by atoms with van der Waals surface area (Å²) in [7, 11) is 3.94. The van der Waals surface area contributed by atoms with E-state index in [0.717, 1.165) is 46.6 Å². The summed E-state index contributed by atoms with van der Waals surface area (Å²) < 4.78 is 3.85. The third-order valence-corrected chi connectivity index (χ3v) is 5.71. The fraction of sp³-hybridized carbons (Fsp3) is 0.368. The summed E-state index contributed by atoms with van der Waals surface area (Å²) in [5, 5.41) is 7.93. The lowest BCUT2D eigenvalue weighted by molar-refractivity contribution is 0.172. The van der Waals surface area contributed by atoms with E-state index >= 15 is 0 Å². The van der Waals surface area contributed by atoms with E-state index in [0.29, 0.717) is 11.9 Å². The molecular weight excluding hydrogens is 340 g/mol. The molecule has 0 atom stereocenters. The second kappa shape index (κ2) is 5.58. The smallest absolute Gasteiger partial charge is 0.169 e. The van der Waals surface area contributed by atoms with Gasteiger partial charge in [-0.1, -0.05) is 0 Å². The molecule has 0 bridgehead atoms. The minimum atomic E-state index is -0.449. The number of nitrogens with zero attached hydrogens (tertiary/aromatic N) is 6. The first-order chi connectivity index (χ1) is 13.0. The predicted molar refractivity (Wildman–Crippen MR) is 103 cm³/mol. The highest BCUT2D eigenvalue weighted by Crippen LogP contribution is 2.37. The maximum atomic E-state index is 6.48. The number of pyridine rings is 1. The molecule has 138 valence electrons. The van der Waals surface area contributed by atoms with Crippen LogP contribution in [0.3, 0.4) is 0 Å². The highest BCUT2D eigenvalue weighted by molar-refractivity contribution is 5.82. The van der Waals surface area contributed by atoms with E-state index in [-0.39, 0.29) is 0 Å². The molecule has 1 aliphatic rings. The maximum absolute atomic E-state index is 6.48. The van der Waals surface area contributed by atoms with Crippen LogP contribution in [0, 0.1) is 6.92 Å². The normalized spacial score (nSPS) is 22.4. The fourth-order valence-corrected chi connectivity index (χ4v) is 3.88. The van der Waals surface area contributed by atoms with Crippen LogP contribution >= 0.6 is 0 Å². The molecular formula is C19H22N8. The van der Waals surface area contributed by atoms with Gasteiger partial charge in [-0.2, -0.15) is 5.10 Å². The molecule has 8 nitrogen and oxygen atoms in total. The highest BCUT2D eigenvalue weighted by Gasteiger charge is 2.44. The molecule has 4 aromatic rings. The van der Waals surface area contributed by atoms with Gasteiger partial charge in [0.15, 0.2) is 11.5 Å². The van der Waals surface area contributed by atoms with E-state index in [1.807, 2.05) is 60.7 Å². The van der Waals surface area contributed by atoms with Crippen molar-refractivity contribution >= 4 is 16.7 Å². The van der Waals surface area contributed by atoms with Crippen molar-refractivity contribution in [1.29, 1.82) is 0 Å². The van der Waals surface area contributed by atoms with Gasteiger partial charge in [-0.15, -0.1) is 0 Å². The number of aryl methyl sites for hydroxylation is 2. The van der Waals surface area contributed by atoms with Gasteiger partial charge in [0, 0.05) is 24.8 Å². The molecule has 0 unspecified atom stereocenters. The topological polar surface area (TPSA) is 98.9 Å². The Bertz CT molecular complexity index is 1170. The summed E-state index contributed by atoms with van der Waals surface area (Å²) in [6, 6.07) is 6.45. The van der Waals surface area contributed by atoms with Crippen LogP contribution in [-0.2, 0) is 12.6 Å². The zero-order valence-electron chi connectivity index (χ0n) is 15.6. The van der Waals surface area contributed by atoms with Crippen molar-refractivity contribution < 1.29 is 0 Å². The first-order valence-electron chi connectivity index (χ1n) is 9.10. The third-order valence-electron chi connectivity index (χ3n) is 5.71. The molecule has 5 rings (SSSR count). The minimum Gasteiger partial charge on any atom is -0.319 e. The Hall–Kier alpha value is -2.84. The highest BCUT2D eigenvalue weighted by atomic mass is 15.3. The zero-order chi connectivity index (χ0) is 18.8. The number of aromatic nitrogens is 6. The minimum absolute atomic E-state index is 0.438. The Balaban J connectivity index is 1.56. The molecule has 4 aromatic heterocycles. The average Bonchev–Trinajstić information content (AvgIpc) is 3.19. The van der Waals surface area contributed by atoms with Crippen LogP contribution in [0.5, 0.6) is 0 Å². The Morgan fingerprint density at radius 1 is 1.22 bits per heavy atom. The van der Waals surface area contributed by atoms with Gasteiger partial charge in [0.25, 0.3) is 0 Å². The third kappa shape index (κ3) is 2.37. The summed E-state index contributed by atoms with van der Waals surface area (Å²) >= 11 is 0. The zero-order valence-corrected chi connectivity index (χ0v) is 15.6. The molecule has 0 saturated heterocycles. The van der Waals surface area contributed by atoms with Gasteiger partial charge in [-0.3, -0.25) is 0 Å². The standard InChI is InChI=1S/C19H22N8/c1-11-23-15-5-4-14(24-17(15)26(11)3)13-6-7-27-16(13)10-22-18(25-27)19(20)8-12(9-19)21-2/h4-7,10,12,21H,8-9,20H2,1-3H3. The lowest BCUT2D eigenvalue weighted by atomic mass is 9.73.